The van der Waals surface area contributed by atoms with Gasteiger partial charge in [-0.3, -0.25) is 24.3 Å². The summed E-state index contributed by atoms with van der Waals surface area (Å²) in [6, 6.07) is 6.03. The lowest BCUT2D eigenvalue weighted by atomic mass is 9.72. The van der Waals surface area contributed by atoms with E-state index in [1.165, 1.54) is 18.3 Å². The van der Waals surface area contributed by atoms with Gasteiger partial charge in [0.25, 0.3) is 0 Å². The van der Waals surface area contributed by atoms with E-state index in [1.807, 2.05) is 18.7 Å². The number of hydrogen-bond donors (Lipinski definition) is 0. The Kier molecular flexibility index (Phi) is 7.13. The van der Waals surface area contributed by atoms with E-state index < -0.39 is 5.92 Å². The largest absolute Gasteiger partial charge is 0.340 e. The van der Waals surface area contributed by atoms with Gasteiger partial charge in [0.1, 0.15) is 23.3 Å². The van der Waals surface area contributed by atoms with Crippen LogP contribution < -0.4 is 0 Å². The fraction of sp³-hybridized carbons (Fsp3) is 0.565. The Balaban J connectivity index is 1.38. The summed E-state index contributed by atoms with van der Waals surface area (Å²) in [6.45, 7) is 7.98. The number of ketones is 2. The van der Waals surface area contributed by atoms with E-state index in [0.29, 0.717) is 32.5 Å². The third-order valence-electron chi connectivity index (χ3n) is 5.79. The van der Waals surface area contributed by atoms with Crippen molar-refractivity contribution in [3.8, 4) is 0 Å². The standard InChI is InChI=1S/C23H30FN3O3/c1-23(2)14-20(28)19(21(29)15-23)16-25-7-8-26-9-11-27(12-10-26)22(30)13-17-3-5-18(24)6-4-17/h3-6,16,19H,7-15H2,1-2H3. The quantitative estimate of drug-likeness (QED) is 0.527. The summed E-state index contributed by atoms with van der Waals surface area (Å²) < 4.78 is 13.0. The molecule has 1 aliphatic heterocycles. The van der Waals surface area contributed by atoms with E-state index in [4.69, 9.17) is 0 Å². The number of hydrogen-bond acceptors (Lipinski definition) is 5. The van der Waals surface area contributed by atoms with Crippen LogP contribution in [0.1, 0.15) is 32.3 Å². The second-order valence-corrected chi connectivity index (χ2v) is 9.01. The molecule has 1 aromatic carbocycles. The van der Waals surface area contributed by atoms with E-state index >= 15 is 0 Å². The van der Waals surface area contributed by atoms with Crippen molar-refractivity contribution in [2.45, 2.75) is 33.1 Å². The molecule has 0 N–H and O–H groups in total. The summed E-state index contributed by atoms with van der Waals surface area (Å²) in [6.07, 6.45) is 2.65. The lowest BCUT2D eigenvalue weighted by Crippen LogP contribution is -2.49. The molecule has 0 spiro atoms. The second-order valence-electron chi connectivity index (χ2n) is 9.01. The number of carbonyl (C=O) groups excluding carboxylic acids is 3. The molecule has 1 amide bonds. The normalized spacial score (nSPS) is 20.8. The average Bonchev–Trinajstić information content (AvgIpc) is 2.68. The Morgan fingerprint density at radius 2 is 1.70 bits per heavy atom. The zero-order valence-electron chi connectivity index (χ0n) is 17.8. The van der Waals surface area contributed by atoms with Crippen LogP contribution in [-0.4, -0.2) is 72.8 Å². The zero-order valence-corrected chi connectivity index (χ0v) is 17.8. The highest BCUT2D eigenvalue weighted by Crippen LogP contribution is 2.33. The molecule has 2 fully saturated rings. The van der Waals surface area contributed by atoms with Gasteiger partial charge in [-0.1, -0.05) is 26.0 Å². The van der Waals surface area contributed by atoms with Gasteiger partial charge < -0.3 is 4.90 Å². The molecule has 2 aliphatic rings. The summed E-state index contributed by atoms with van der Waals surface area (Å²) in [5.74, 6) is -0.999. The number of Topliss-reactive ketones (excluding diaryl/α,β-unsaturated/α-hetero) is 2. The number of piperazine rings is 1. The van der Waals surface area contributed by atoms with Crippen LogP contribution in [0.4, 0.5) is 4.39 Å². The molecule has 0 bridgehead atoms. The number of amides is 1. The first kappa shape index (κ1) is 22.3. The van der Waals surface area contributed by atoms with Crippen molar-refractivity contribution in [3.63, 3.8) is 0 Å². The van der Waals surface area contributed by atoms with Gasteiger partial charge in [-0.15, -0.1) is 0 Å². The maximum absolute atomic E-state index is 13.0. The van der Waals surface area contributed by atoms with E-state index in [1.54, 1.807) is 12.1 Å². The molecule has 0 atom stereocenters. The Morgan fingerprint density at radius 1 is 1.10 bits per heavy atom. The molecule has 0 unspecified atom stereocenters. The number of carbonyl (C=O) groups is 3. The minimum atomic E-state index is -0.682. The van der Waals surface area contributed by atoms with Gasteiger partial charge in [0, 0.05) is 51.8 Å². The van der Waals surface area contributed by atoms with Crippen molar-refractivity contribution in [1.82, 2.24) is 9.80 Å². The van der Waals surface area contributed by atoms with Gasteiger partial charge in [0.2, 0.25) is 5.91 Å². The molecule has 0 aromatic heterocycles. The molecule has 3 rings (SSSR count). The number of halogens is 1. The number of benzene rings is 1. The van der Waals surface area contributed by atoms with E-state index in [9.17, 15) is 18.8 Å². The van der Waals surface area contributed by atoms with Crippen molar-refractivity contribution >= 4 is 23.7 Å². The topological polar surface area (TPSA) is 70.1 Å². The van der Waals surface area contributed by atoms with Crippen molar-refractivity contribution in [1.29, 1.82) is 0 Å². The van der Waals surface area contributed by atoms with Crippen LogP contribution in [0.2, 0.25) is 0 Å². The monoisotopic (exact) mass is 415 g/mol. The van der Waals surface area contributed by atoms with Crippen LogP contribution in [-0.2, 0) is 20.8 Å². The molecule has 0 radical (unpaired) electrons. The van der Waals surface area contributed by atoms with Crippen LogP contribution in [0, 0.1) is 17.2 Å². The van der Waals surface area contributed by atoms with Crippen LogP contribution in [0.25, 0.3) is 0 Å². The highest BCUT2D eigenvalue weighted by molar-refractivity contribution is 6.16. The number of nitrogens with zero attached hydrogens (tertiary/aromatic N) is 3. The Labute approximate surface area is 177 Å². The molecule has 7 heteroatoms. The second kappa shape index (κ2) is 9.60. The first-order valence-corrected chi connectivity index (χ1v) is 10.5. The summed E-state index contributed by atoms with van der Waals surface area (Å²) in [4.78, 5) is 45.2. The van der Waals surface area contributed by atoms with Crippen LogP contribution in [0.5, 0.6) is 0 Å². The highest BCUT2D eigenvalue weighted by atomic mass is 19.1. The summed E-state index contributed by atoms with van der Waals surface area (Å²) in [5, 5.41) is 0. The molecule has 1 aliphatic carbocycles. The SMILES string of the molecule is CC1(C)CC(=O)C(C=NCCN2CCN(C(=O)Cc3ccc(F)cc3)CC2)C(=O)C1. The van der Waals surface area contributed by atoms with E-state index in [-0.39, 0.29) is 35.1 Å². The average molecular weight is 416 g/mol. The number of rotatable bonds is 6. The minimum absolute atomic E-state index is 0.0340. The highest BCUT2D eigenvalue weighted by Gasteiger charge is 2.38. The van der Waals surface area contributed by atoms with Gasteiger partial charge in [0.05, 0.1) is 13.0 Å². The fourth-order valence-electron chi connectivity index (χ4n) is 4.06. The molecule has 6 nitrogen and oxygen atoms in total. The summed E-state index contributed by atoms with van der Waals surface area (Å²) in [7, 11) is 0. The lowest BCUT2D eigenvalue weighted by molar-refractivity contribution is -0.136. The van der Waals surface area contributed by atoms with Gasteiger partial charge in [-0.05, 0) is 23.1 Å². The molecule has 1 heterocycles. The molecule has 162 valence electrons. The van der Waals surface area contributed by atoms with Gasteiger partial charge >= 0.3 is 0 Å². The molecule has 30 heavy (non-hydrogen) atoms. The zero-order chi connectivity index (χ0) is 21.7. The van der Waals surface area contributed by atoms with Crippen LogP contribution >= 0.6 is 0 Å². The Morgan fingerprint density at radius 3 is 2.30 bits per heavy atom. The molecule has 1 aromatic rings. The van der Waals surface area contributed by atoms with Crippen LogP contribution in [0.15, 0.2) is 29.3 Å². The molecule has 1 saturated heterocycles. The van der Waals surface area contributed by atoms with Gasteiger partial charge in [-0.2, -0.15) is 0 Å². The fourth-order valence-corrected chi connectivity index (χ4v) is 4.06. The maximum atomic E-state index is 13.0. The predicted octanol–water partition coefficient (Wildman–Crippen LogP) is 2.16. The molecule has 1 saturated carbocycles. The first-order chi connectivity index (χ1) is 14.2. The third kappa shape index (κ3) is 6.05. The van der Waals surface area contributed by atoms with Crippen molar-refractivity contribution in [3.05, 3.63) is 35.6 Å². The van der Waals surface area contributed by atoms with Crippen molar-refractivity contribution in [2.24, 2.45) is 16.3 Å². The third-order valence-corrected chi connectivity index (χ3v) is 5.79. The van der Waals surface area contributed by atoms with Gasteiger partial charge in [-0.25, -0.2) is 4.39 Å². The maximum Gasteiger partial charge on any atom is 0.227 e. The lowest BCUT2D eigenvalue weighted by Gasteiger charge is -2.34. The first-order valence-electron chi connectivity index (χ1n) is 10.5. The Hall–Kier alpha value is -2.41. The van der Waals surface area contributed by atoms with Gasteiger partial charge in [0.15, 0.2) is 0 Å². The smallest absolute Gasteiger partial charge is 0.227 e. The minimum Gasteiger partial charge on any atom is -0.340 e. The van der Waals surface area contributed by atoms with E-state index in [2.05, 4.69) is 9.89 Å². The summed E-state index contributed by atoms with van der Waals surface area (Å²) >= 11 is 0. The predicted molar refractivity (Wildman–Crippen MR) is 113 cm³/mol. The molecular formula is C23H30FN3O3. The Bertz CT molecular complexity index is 791. The van der Waals surface area contributed by atoms with Crippen molar-refractivity contribution in [2.75, 3.05) is 39.3 Å². The van der Waals surface area contributed by atoms with E-state index in [0.717, 1.165) is 25.2 Å². The van der Waals surface area contributed by atoms with Crippen molar-refractivity contribution < 1.29 is 18.8 Å². The van der Waals surface area contributed by atoms with Crippen LogP contribution in [0.3, 0.4) is 0 Å². The molecular weight excluding hydrogens is 385 g/mol. The number of aliphatic imine (C=N–C) groups is 1. The summed E-state index contributed by atoms with van der Waals surface area (Å²) in [5.41, 5.74) is 0.570.